The third-order valence-electron chi connectivity index (χ3n) is 5.06. The van der Waals surface area contributed by atoms with E-state index in [0.29, 0.717) is 17.4 Å². The maximum absolute atomic E-state index is 12.7. The fourth-order valence-corrected chi connectivity index (χ4v) is 3.42. The van der Waals surface area contributed by atoms with Gasteiger partial charge in [0.1, 0.15) is 5.75 Å². The molecular weight excluding hydrogens is 378 g/mol. The minimum atomic E-state index is -2.85. The first-order chi connectivity index (χ1) is 14.0. The fourth-order valence-electron chi connectivity index (χ4n) is 3.42. The standard InChI is InChI=1S/C21H34F2N4O2/c1-4-24-21(25-14-17-7-9-27(10-8-17)11-12-28-3)26-15-18-13-16(2)5-6-19(18)29-20(22)23/h5-6,13,17,20H,4,7-12,14-15H2,1-3H3,(H2,24,25,26). The van der Waals surface area contributed by atoms with Crippen LogP contribution in [0, 0.1) is 12.8 Å². The minimum absolute atomic E-state index is 0.175. The van der Waals surface area contributed by atoms with E-state index in [4.69, 9.17) is 4.74 Å². The van der Waals surface area contributed by atoms with Crippen molar-refractivity contribution in [3.8, 4) is 5.75 Å². The molecule has 1 heterocycles. The molecule has 0 atom stereocenters. The number of aryl methyl sites for hydroxylation is 1. The number of hydrogen-bond donors (Lipinski definition) is 2. The normalized spacial score (nSPS) is 16.3. The van der Waals surface area contributed by atoms with Gasteiger partial charge in [-0.05, 0) is 51.8 Å². The van der Waals surface area contributed by atoms with Crippen molar-refractivity contribution < 1.29 is 18.3 Å². The molecule has 0 bridgehead atoms. The predicted molar refractivity (Wildman–Crippen MR) is 112 cm³/mol. The van der Waals surface area contributed by atoms with Crippen LogP contribution >= 0.6 is 0 Å². The molecule has 1 aliphatic rings. The van der Waals surface area contributed by atoms with Crippen LogP contribution in [0.4, 0.5) is 8.78 Å². The van der Waals surface area contributed by atoms with E-state index < -0.39 is 6.61 Å². The largest absolute Gasteiger partial charge is 0.434 e. The first-order valence-corrected chi connectivity index (χ1v) is 10.3. The number of nitrogens with one attached hydrogen (secondary N) is 2. The summed E-state index contributed by atoms with van der Waals surface area (Å²) >= 11 is 0. The van der Waals surface area contributed by atoms with Crippen molar-refractivity contribution in [3.63, 3.8) is 0 Å². The Balaban J connectivity index is 1.90. The summed E-state index contributed by atoms with van der Waals surface area (Å²) in [6, 6.07) is 5.16. The molecule has 164 valence electrons. The van der Waals surface area contributed by atoms with Crippen molar-refractivity contribution in [2.45, 2.75) is 39.8 Å². The molecule has 1 aromatic rings. The van der Waals surface area contributed by atoms with Crippen molar-refractivity contribution in [1.82, 2.24) is 15.5 Å². The SMILES string of the molecule is CCNC(=NCc1cc(C)ccc1OC(F)F)NCC1CCN(CCOC)CC1. The quantitative estimate of drug-likeness (QED) is 0.457. The number of guanidine groups is 1. The third-order valence-corrected chi connectivity index (χ3v) is 5.06. The van der Waals surface area contributed by atoms with Crippen LogP contribution < -0.4 is 15.4 Å². The lowest BCUT2D eigenvalue weighted by atomic mass is 9.97. The zero-order valence-electron chi connectivity index (χ0n) is 17.7. The summed E-state index contributed by atoms with van der Waals surface area (Å²) in [6.45, 7) is 6.85. The Morgan fingerprint density at radius 3 is 2.69 bits per heavy atom. The Bertz CT molecular complexity index is 635. The van der Waals surface area contributed by atoms with Crippen LogP contribution in [-0.2, 0) is 11.3 Å². The van der Waals surface area contributed by atoms with Crippen LogP contribution in [0.25, 0.3) is 0 Å². The maximum atomic E-state index is 12.7. The highest BCUT2D eigenvalue weighted by Gasteiger charge is 2.19. The van der Waals surface area contributed by atoms with Gasteiger partial charge in [-0.15, -0.1) is 0 Å². The van der Waals surface area contributed by atoms with Crippen LogP contribution in [0.1, 0.15) is 30.9 Å². The molecule has 0 unspecified atom stereocenters. The Morgan fingerprint density at radius 2 is 2.03 bits per heavy atom. The van der Waals surface area contributed by atoms with E-state index in [0.717, 1.165) is 57.7 Å². The number of halogens is 2. The molecule has 0 radical (unpaired) electrons. The summed E-state index contributed by atoms with van der Waals surface area (Å²) in [5, 5.41) is 6.63. The molecule has 1 aromatic carbocycles. The average Bonchev–Trinajstić information content (AvgIpc) is 2.70. The summed E-state index contributed by atoms with van der Waals surface area (Å²) in [6.07, 6.45) is 2.28. The van der Waals surface area contributed by atoms with Gasteiger partial charge in [0.15, 0.2) is 5.96 Å². The molecule has 2 rings (SSSR count). The second-order valence-electron chi connectivity index (χ2n) is 7.34. The fraction of sp³-hybridized carbons (Fsp3) is 0.667. The zero-order chi connectivity index (χ0) is 21.1. The lowest BCUT2D eigenvalue weighted by molar-refractivity contribution is -0.0504. The summed E-state index contributed by atoms with van der Waals surface area (Å²) in [5.41, 5.74) is 1.63. The Labute approximate surface area is 172 Å². The van der Waals surface area contributed by atoms with E-state index in [9.17, 15) is 8.78 Å². The van der Waals surface area contributed by atoms with Crippen LogP contribution in [0.5, 0.6) is 5.75 Å². The Kier molecular flexibility index (Phi) is 10.1. The molecule has 0 spiro atoms. The second-order valence-corrected chi connectivity index (χ2v) is 7.34. The third kappa shape index (κ3) is 8.53. The smallest absolute Gasteiger partial charge is 0.387 e. The lowest BCUT2D eigenvalue weighted by Crippen LogP contribution is -2.43. The van der Waals surface area contributed by atoms with Gasteiger partial charge in [-0.3, -0.25) is 0 Å². The van der Waals surface area contributed by atoms with Crippen molar-refractivity contribution in [2.24, 2.45) is 10.9 Å². The number of likely N-dealkylation sites (tertiary alicyclic amines) is 1. The number of hydrogen-bond acceptors (Lipinski definition) is 4. The van der Waals surface area contributed by atoms with Crippen LogP contribution in [-0.4, -0.2) is 63.9 Å². The van der Waals surface area contributed by atoms with Crippen LogP contribution in [0.15, 0.2) is 23.2 Å². The van der Waals surface area contributed by atoms with Gasteiger partial charge in [-0.25, -0.2) is 4.99 Å². The molecule has 1 fully saturated rings. The molecule has 0 aliphatic carbocycles. The number of ether oxygens (including phenoxy) is 2. The van der Waals surface area contributed by atoms with Crippen LogP contribution in [0.2, 0.25) is 0 Å². The molecule has 29 heavy (non-hydrogen) atoms. The molecule has 1 aliphatic heterocycles. The number of piperidine rings is 1. The molecule has 0 saturated carbocycles. The van der Waals surface area contributed by atoms with E-state index >= 15 is 0 Å². The Morgan fingerprint density at radius 1 is 1.28 bits per heavy atom. The summed E-state index contributed by atoms with van der Waals surface area (Å²) < 4.78 is 35.1. The molecule has 6 nitrogen and oxygen atoms in total. The highest BCUT2D eigenvalue weighted by molar-refractivity contribution is 5.79. The van der Waals surface area contributed by atoms with Gasteiger partial charge in [0, 0.05) is 32.3 Å². The highest BCUT2D eigenvalue weighted by Crippen LogP contribution is 2.23. The van der Waals surface area contributed by atoms with Gasteiger partial charge < -0.3 is 25.0 Å². The van der Waals surface area contributed by atoms with Gasteiger partial charge in [0.05, 0.1) is 13.2 Å². The molecule has 0 amide bonds. The molecule has 2 N–H and O–H groups in total. The second kappa shape index (κ2) is 12.6. The number of benzene rings is 1. The Hall–Kier alpha value is -1.93. The monoisotopic (exact) mass is 412 g/mol. The lowest BCUT2D eigenvalue weighted by Gasteiger charge is -2.32. The van der Waals surface area contributed by atoms with Gasteiger partial charge in [-0.1, -0.05) is 17.7 Å². The zero-order valence-corrected chi connectivity index (χ0v) is 17.7. The average molecular weight is 413 g/mol. The summed E-state index contributed by atoms with van der Waals surface area (Å²) in [4.78, 5) is 7.01. The predicted octanol–water partition coefficient (Wildman–Crippen LogP) is 3.01. The highest BCUT2D eigenvalue weighted by atomic mass is 19.3. The molecular formula is C21H34F2N4O2. The van der Waals surface area contributed by atoms with Crippen molar-refractivity contribution >= 4 is 5.96 Å². The number of aliphatic imine (C=N–C) groups is 1. The summed E-state index contributed by atoms with van der Waals surface area (Å²) in [7, 11) is 1.73. The van der Waals surface area contributed by atoms with Gasteiger partial charge >= 0.3 is 6.61 Å². The summed E-state index contributed by atoms with van der Waals surface area (Å²) in [5.74, 6) is 1.46. The van der Waals surface area contributed by atoms with Gasteiger partial charge in [0.2, 0.25) is 0 Å². The number of methoxy groups -OCH3 is 1. The van der Waals surface area contributed by atoms with Crippen molar-refractivity contribution in [3.05, 3.63) is 29.3 Å². The van der Waals surface area contributed by atoms with Gasteiger partial charge in [-0.2, -0.15) is 8.78 Å². The van der Waals surface area contributed by atoms with Gasteiger partial charge in [0.25, 0.3) is 0 Å². The topological polar surface area (TPSA) is 58.1 Å². The maximum Gasteiger partial charge on any atom is 0.387 e. The molecule has 0 aromatic heterocycles. The van der Waals surface area contributed by atoms with E-state index in [-0.39, 0.29) is 12.3 Å². The number of alkyl halides is 2. The first-order valence-electron chi connectivity index (χ1n) is 10.3. The first kappa shape index (κ1) is 23.3. The van der Waals surface area contributed by atoms with E-state index in [1.807, 2.05) is 19.9 Å². The number of rotatable bonds is 10. The van der Waals surface area contributed by atoms with Crippen molar-refractivity contribution in [1.29, 1.82) is 0 Å². The molecule has 1 saturated heterocycles. The van der Waals surface area contributed by atoms with E-state index in [1.165, 1.54) is 0 Å². The minimum Gasteiger partial charge on any atom is -0.434 e. The van der Waals surface area contributed by atoms with Crippen molar-refractivity contribution in [2.75, 3.05) is 46.4 Å². The van der Waals surface area contributed by atoms with Crippen LogP contribution in [0.3, 0.4) is 0 Å². The van der Waals surface area contributed by atoms with E-state index in [1.54, 1.807) is 19.2 Å². The molecule has 8 heteroatoms. The van der Waals surface area contributed by atoms with E-state index in [2.05, 4.69) is 25.3 Å². The number of nitrogens with zero attached hydrogens (tertiary/aromatic N) is 2.